The molecule has 2 heteroatoms. The Labute approximate surface area is 107 Å². The van der Waals surface area contributed by atoms with Gasteiger partial charge in [0.05, 0.1) is 18.2 Å². The van der Waals surface area contributed by atoms with Gasteiger partial charge in [0.1, 0.15) is 0 Å². The van der Waals surface area contributed by atoms with Crippen LogP contribution in [-0.4, -0.2) is 6.54 Å². The van der Waals surface area contributed by atoms with Crippen molar-refractivity contribution in [1.29, 1.82) is 5.26 Å². The highest BCUT2D eigenvalue weighted by Gasteiger charge is 1.90. The molecule has 1 N–H and O–H groups in total. The molecule has 0 saturated carbocycles. The third kappa shape index (κ3) is 3.40. The second kappa shape index (κ2) is 6.13. The van der Waals surface area contributed by atoms with Gasteiger partial charge in [0.2, 0.25) is 0 Å². The van der Waals surface area contributed by atoms with Crippen LogP contribution < -0.4 is 5.32 Å². The van der Waals surface area contributed by atoms with E-state index < -0.39 is 0 Å². The summed E-state index contributed by atoms with van der Waals surface area (Å²) in [5.41, 5.74) is 2.64. The zero-order valence-electron chi connectivity index (χ0n) is 9.85. The van der Waals surface area contributed by atoms with E-state index in [1.807, 2.05) is 42.5 Å². The second-order valence-corrected chi connectivity index (χ2v) is 3.71. The van der Waals surface area contributed by atoms with Gasteiger partial charge in [-0.1, -0.05) is 30.0 Å². The maximum Gasteiger partial charge on any atom is 0.0991 e. The molecule has 0 spiro atoms. The van der Waals surface area contributed by atoms with Crippen molar-refractivity contribution in [2.24, 2.45) is 0 Å². The highest BCUT2D eigenvalue weighted by Crippen LogP contribution is 2.07. The lowest BCUT2D eigenvalue weighted by Gasteiger charge is -2.00. The minimum Gasteiger partial charge on any atom is -0.374 e. The molecule has 0 fully saturated rings. The standard InChI is InChI=1S/C16H12N2/c17-13-15-8-10-16(11-9-15)18-12-4-7-14-5-2-1-3-6-14/h1-3,5-6,8-11,18H,12H2. The van der Waals surface area contributed by atoms with Gasteiger partial charge >= 0.3 is 0 Å². The van der Waals surface area contributed by atoms with E-state index in [2.05, 4.69) is 23.2 Å². The number of nitrogens with zero attached hydrogens (tertiary/aromatic N) is 1. The Morgan fingerprint density at radius 1 is 0.889 bits per heavy atom. The Kier molecular flexibility index (Phi) is 4.01. The van der Waals surface area contributed by atoms with E-state index in [9.17, 15) is 0 Å². The van der Waals surface area contributed by atoms with Gasteiger partial charge < -0.3 is 5.32 Å². The van der Waals surface area contributed by atoms with Crippen LogP contribution >= 0.6 is 0 Å². The van der Waals surface area contributed by atoms with Crippen LogP contribution in [0, 0.1) is 23.2 Å². The van der Waals surface area contributed by atoms with Crippen molar-refractivity contribution < 1.29 is 0 Å². The van der Waals surface area contributed by atoms with Gasteiger partial charge in [-0.25, -0.2) is 0 Å². The number of anilines is 1. The number of rotatable bonds is 2. The Morgan fingerprint density at radius 2 is 1.61 bits per heavy atom. The van der Waals surface area contributed by atoms with Gasteiger partial charge in [-0.3, -0.25) is 0 Å². The summed E-state index contributed by atoms with van der Waals surface area (Å²) in [4.78, 5) is 0. The first kappa shape index (κ1) is 11.8. The summed E-state index contributed by atoms with van der Waals surface area (Å²) >= 11 is 0. The van der Waals surface area contributed by atoms with Gasteiger partial charge in [0.15, 0.2) is 0 Å². The molecule has 0 radical (unpaired) electrons. The van der Waals surface area contributed by atoms with Crippen molar-refractivity contribution in [3.63, 3.8) is 0 Å². The minimum absolute atomic E-state index is 0.584. The number of nitrogens with one attached hydrogen (secondary N) is 1. The first-order valence-corrected chi connectivity index (χ1v) is 5.66. The highest BCUT2D eigenvalue weighted by atomic mass is 14.8. The lowest BCUT2D eigenvalue weighted by atomic mass is 10.2. The van der Waals surface area contributed by atoms with Crippen LogP contribution in [0.4, 0.5) is 5.69 Å². The summed E-state index contributed by atoms with van der Waals surface area (Å²) < 4.78 is 0. The van der Waals surface area contributed by atoms with E-state index in [-0.39, 0.29) is 0 Å². The molecule has 2 aromatic carbocycles. The monoisotopic (exact) mass is 232 g/mol. The van der Waals surface area contributed by atoms with E-state index in [1.165, 1.54) is 0 Å². The average molecular weight is 232 g/mol. The quantitative estimate of drug-likeness (QED) is 0.808. The maximum atomic E-state index is 8.68. The van der Waals surface area contributed by atoms with E-state index in [0.717, 1.165) is 11.3 Å². The first-order chi connectivity index (χ1) is 8.88. The third-order valence-corrected chi connectivity index (χ3v) is 2.40. The summed E-state index contributed by atoms with van der Waals surface area (Å²) in [5, 5.41) is 11.9. The number of nitriles is 1. The molecule has 0 atom stereocenters. The van der Waals surface area contributed by atoms with E-state index in [4.69, 9.17) is 5.26 Å². The van der Waals surface area contributed by atoms with Gasteiger partial charge in [0, 0.05) is 11.3 Å². The lowest BCUT2D eigenvalue weighted by Crippen LogP contribution is -1.98. The Balaban J connectivity index is 1.89. The highest BCUT2D eigenvalue weighted by molar-refractivity contribution is 5.48. The smallest absolute Gasteiger partial charge is 0.0991 e. The number of hydrogen-bond donors (Lipinski definition) is 1. The normalized spacial score (nSPS) is 8.83. The Morgan fingerprint density at radius 3 is 2.28 bits per heavy atom. The molecule has 86 valence electrons. The van der Waals surface area contributed by atoms with Gasteiger partial charge in [-0.15, -0.1) is 0 Å². The van der Waals surface area contributed by atoms with Crippen LogP contribution in [0.5, 0.6) is 0 Å². The summed E-state index contributed by atoms with van der Waals surface area (Å²) in [7, 11) is 0. The van der Waals surface area contributed by atoms with Gasteiger partial charge in [-0.05, 0) is 36.4 Å². The van der Waals surface area contributed by atoms with E-state index in [1.54, 1.807) is 12.1 Å². The molecule has 0 heterocycles. The average Bonchev–Trinajstić information content (AvgIpc) is 2.45. The van der Waals surface area contributed by atoms with Crippen molar-refractivity contribution >= 4 is 5.69 Å². The molecule has 0 aliphatic rings. The van der Waals surface area contributed by atoms with Crippen molar-refractivity contribution in [3.05, 3.63) is 65.7 Å². The zero-order valence-corrected chi connectivity index (χ0v) is 9.85. The Bertz CT molecular complexity index is 596. The molecule has 0 aliphatic carbocycles. The molecule has 0 unspecified atom stereocenters. The van der Waals surface area contributed by atoms with Gasteiger partial charge in [0.25, 0.3) is 0 Å². The summed E-state index contributed by atoms with van der Waals surface area (Å²) in [5.74, 6) is 6.13. The SMILES string of the molecule is N#Cc1ccc(NCC#Cc2ccccc2)cc1. The fourth-order valence-corrected chi connectivity index (χ4v) is 1.48. The zero-order chi connectivity index (χ0) is 12.6. The Hall–Kier alpha value is -2.71. The summed E-state index contributed by atoms with van der Waals surface area (Å²) in [6, 6.07) is 19.3. The predicted octanol–water partition coefficient (Wildman–Crippen LogP) is 3.02. The third-order valence-electron chi connectivity index (χ3n) is 2.40. The van der Waals surface area contributed by atoms with Crippen LogP contribution in [0.2, 0.25) is 0 Å². The van der Waals surface area contributed by atoms with E-state index in [0.29, 0.717) is 12.1 Å². The molecule has 0 bridgehead atoms. The molecule has 0 aliphatic heterocycles. The molecule has 2 nitrogen and oxygen atoms in total. The van der Waals surface area contributed by atoms with Crippen molar-refractivity contribution in [2.75, 3.05) is 11.9 Å². The van der Waals surface area contributed by atoms with E-state index >= 15 is 0 Å². The molecule has 2 rings (SSSR count). The molecule has 0 saturated heterocycles. The largest absolute Gasteiger partial charge is 0.374 e. The fourth-order valence-electron chi connectivity index (χ4n) is 1.48. The lowest BCUT2D eigenvalue weighted by molar-refractivity contribution is 1.37. The van der Waals surface area contributed by atoms with Crippen molar-refractivity contribution in [1.82, 2.24) is 0 Å². The van der Waals surface area contributed by atoms with Gasteiger partial charge in [-0.2, -0.15) is 5.26 Å². The van der Waals surface area contributed by atoms with Crippen molar-refractivity contribution in [2.45, 2.75) is 0 Å². The number of hydrogen-bond acceptors (Lipinski definition) is 2. The van der Waals surface area contributed by atoms with Crippen LogP contribution in [0.15, 0.2) is 54.6 Å². The second-order valence-electron chi connectivity index (χ2n) is 3.71. The fraction of sp³-hybridized carbons (Fsp3) is 0.0625. The molecule has 18 heavy (non-hydrogen) atoms. The summed E-state index contributed by atoms with van der Waals surface area (Å²) in [6.07, 6.45) is 0. The molecule has 2 aromatic rings. The molecule has 0 amide bonds. The van der Waals surface area contributed by atoms with Crippen LogP contribution in [0.1, 0.15) is 11.1 Å². The summed E-state index contributed by atoms with van der Waals surface area (Å²) in [6.45, 7) is 0.584. The van der Waals surface area contributed by atoms with Crippen LogP contribution in [0.25, 0.3) is 0 Å². The first-order valence-electron chi connectivity index (χ1n) is 5.66. The number of benzene rings is 2. The maximum absolute atomic E-state index is 8.68. The van der Waals surface area contributed by atoms with Crippen LogP contribution in [-0.2, 0) is 0 Å². The van der Waals surface area contributed by atoms with Crippen LogP contribution in [0.3, 0.4) is 0 Å². The topological polar surface area (TPSA) is 35.8 Å². The minimum atomic E-state index is 0.584. The molecular formula is C16H12N2. The predicted molar refractivity (Wildman–Crippen MR) is 73.0 cm³/mol. The molecule has 0 aromatic heterocycles. The van der Waals surface area contributed by atoms with Crippen molar-refractivity contribution in [3.8, 4) is 17.9 Å². The molecular weight excluding hydrogens is 220 g/mol.